The van der Waals surface area contributed by atoms with Crippen molar-refractivity contribution in [1.82, 2.24) is 40.6 Å². The highest BCUT2D eigenvalue weighted by Gasteiger charge is 2.49. The SMILES string of the molecule is CC[C@@]1(OCN(CCS(C)(=O)=O)C(=O)OCc2ccc(NC(=O)[C@H](CCC(=O)O)NC(=O)[C@H](C)NC(=O)[C@@H](CC(C)C)NC(=O)CCN3C(=O)C=CC3=O)cc2)C(=O)OCc2c1cc1n(c2=O)Cc2c-1nc1cc3c(cc1c2CNC[C@H](O)CO)OCO3. The van der Waals surface area contributed by atoms with Crippen LogP contribution in [-0.2, 0) is 94.3 Å². The summed E-state index contributed by atoms with van der Waals surface area (Å²) in [6, 6.07) is 7.06. The summed E-state index contributed by atoms with van der Waals surface area (Å²) in [6.45, 7) is 4.12. The minimum absolute atomic E-state index is 0.00429. The first-order valence-corrected chi connectivity index (χ1v) is 30.3. The van der Waals surface area contributed by atoms with Crippen LogP contribution in [0.3, 0.4) is 0 Å². The normalized spacial score (nSPS) is 16.9. The van der Waals surface area contributed by atoms with Gasteiger partial charge in [-0.1, -0.05) is 32.9 Å². The van der Waals surface area contributed by atoms with Crippen LogP contribution in [0, 0.1) is 5.92 Å². The summed E-state index contributed by atoms with van der Waals surface area (Å²) in [7, 11) is -3.70. The second kappa shape index (κ2) is 27.9. The van der Waals surface area contributed by atoms with Crippen molar-refractivity contribution in [3.63, 3.8) is 0 Å². The van der Waals surface area contributed by atoms with Crippen molar-refractivity contribution in [2.45, 2.75) is 116 Å². The van der Waals surface area contributed by atoms with Gasteiger partial charge < -0.3 is 70.2 Å². The van der Waals surface area contributed by atoms with Gasteiger partial charge in [0.2, 0.25) is 30.4 Å². The Morgan fingerprint density at radius 3 is 2.24 bits per heavy atom. The van der Waals surface area contributed by atoms with Crippen LogP contribution >= 0.6 is 0 Å². The van der Waals surface area contributed by atoms with Gasteiger partial charge in [-0.2, -0.15) is 0 Å². The van der Waals surface area contributed by atoms with Crippen LogP contribution in [0.5, 0.6) is 11.5 Å². The number of pyridine rings is 2. The Balaban J connectivity index is 0.926. The molecule has 6 heterocycles. The fraction of sp³-hybridized carbons (Fsp3) is 0.466. The van der Waals surface area contributed by atoms with Gasteiger partial charge in [0.05, 0.1) is 47.5 Å². The van der Waals surface area contributed by atoms with E-state index in [-0.39, 0.29) is 81.4 Å². The number of aliphatic hydroxyl groups excluding tert-OH is 2. The van der Waals surface area contributed by atoms with Crippen molar-refractivity contribution in [2.24, 2.45) is 5.92 Å². The Morgan fingerprint density at radius 2 is 1.58 bits per heavy atom. The topological polar surface area (TPSA) is 396 Å². The molecule has 5 atom stereocenters. The number of carbonyl (C=O) groups excluding carboxylic acids is 8. The van der Waals surface area contributed by atoms with E-state index in [0.717, 1.165) is 33.8 Å². The van der Waals surface area contributed by atoms with Gasteiger partial charge in [0.1, 0.15) is 47.9 Å². The number of carboxylic acid groups (broad SMARTS) is 1. The summed E-state index contributed by atoms with van der Waals surface area (Å²) >= 11 is 0. The molecule has 0 spiro atoms. The number of rotatable bonds is 29. The smallest absolute Gasteiger partial charge is 0.411 e. The zero-order chi connectivity index (χ0) is 63.8. The fourth-order valence-corrected chi connectivity index (χ4v) is 10.8. The molecule has 4 aliphatic heterocycles. The van der Waals surface area contributed by atoms with E-state index in [2.05, 4.69) is 26.6 Å². The average Bonchev–Trinajstić information content (AvgIpc) is 1.55. The number of benzene rings is 2. The predicted molar refractivity (Wildman–Crippen MR) is 309 cm³/mol. The van der Waals surface area contributed by atoms with Gasteiger partial charge in [-0.3, -0.25) is 48.2 Å². The first kappa shape index (κ1) is 65.1. The summed E-state index contributed by atoms with van der Waals surface area (Å²) in [5, 5.41) is 43.0. The number of hydrogen-bond acceptors (Lipinski definition) is 21. The number of esters is 1. The zero-order valence-corrected chi connectivity index (χ0v) is 49.7. The maximum Gasteiger partial charge on any atom is 0.411 e. The molecule has 0 saturated heterocycles. The highest BCUT2D eigenvalue weighted by molar-refractivity contribution is 7.90. The molecule has 0 saturated carbocycles. The van der Waals surface area contributed by atoms with Crippen molar-refractivity contribution >= 4 is 79.9 Å². The van der Waals surface area contributed by atoms with Crippen molar-refractivity contribution in [3.8, 4) is 22.9 Å². The van der Waals surface area contributed by atoms with E-state index in [4.69, 9.17) is 28.7 Å². The molecule has 0 unspecified atom stereocenters. The van der Waals surface area contributed by atoms with Gasteiger partial charge in [0.25, 0.3) is 17.4 Å². The summed E-state index contributed by atoms with van der Waals surface area (Å²) in [5.74, 6) is -6.09. The molecule has 88 heavy (non-hydrogen) atoms. The molecule has 2 aromatic carbocycles. The molecule has 8 N–H and O–H groups in total. The molecule has 2 aromatic heterocycles. The van der Waals surface area contributed by atoms with Gasteiger partial charge in [-0.25, -0.2) is 23.0 Å². The lowest BCUT2D eigenvalue weighted by Crippen LogP contribution is -2.55. The predicted octanol–water partition coefficient (Wildman–Crippen LogP) is 0.555. The largest absolute Gasteiger partial charge is 0.481 e. The Kier molecular flexibility index (Phi) is 20.6. The van der Waals surface area contributed by atoms with Crippen LogP contribution in [0.15, 0.2) is 59.4 Å². The third kappa shape index (κ3) is 15.3. The lowest BCUT2D eigenvalue weighted by atomic mass is 9.85. The first-order chi connectivity index (χ1) is 41.8. The quantitative estimate of drug-likeness (QED) is 0.0184. The van der Waals surface area contributed by atoms with E-state index in [1.54, 1.807) is 39.0 Å². The van der Waals surface area contributed by atoms with E-state index in [9.17, 15) is 71.7 Å². The number of sulfone groups is 1. The third-order valence-corrected chi connectivity index (χ3v) is 16.0. The molecular formula is C58H69N9O20S. The van der Waals surface area contributed by atoms with Gasteiger partial charge in [0, 0.05) is 85.7 Å². The molecule has 0 radical (unpaired) electrons. The summed E-state index contributed by atoms with van der Waals surface area (Å²) in [4.78, 5) is 138. The third-order valence-electron chi connectivity index (χ3n) is 15.1. The highest BCUT2D eigenvalue weighted by Crippen LogP contribution is 2.44. The number of cyclic esters (lactones) is 1. The van der Waals surface area contributed by atoms with E-state index in [1.807, 2.05) is 0 Å². The standard InChI is InChI=1S/C58H69N9O20S/c1-6-58(40-21-44-51-38(25-67(44)55(78)39(40)28-83-56(58)79)37(24-59-23-35(69)26-68)36-20-45-46(86-30-85-45)22-42(36)63-51)87-29-65(17-18-88(5,81)82)57(80)84-27-33-7-9-34(10-8-33)61-53(76)41(11-14-50(73)74)64-52(75)32(4)60-54(77)43(19-31(2)3)62-47(70)15-16-66-48(71)12-13-49(66)72/h7-10,12-13,20-22,31-32,35,41,43,59,68-69H,6,11,14-19,23-30H2,1-5H3,(H,60,77)(H,61,76)(H,62,70)(H,64,75)(H,73,74)/t32-,35-,41-,43+,58-/m0/s1. The number of amides is 7. The molecule has 8 rings (SSSR count). The summed E-state index contributed by atoms with van der Waals surface area (Å²) in [5.41, 5.74) is 0.881. The lowest BCUT2D eigenvalue weighted by Gasteiger charge is -2.37. The molecule has 4 aromatic rings. The summed E-state index contributed by atoms with van der Waals surface area (Å²) < 4.78 is 55.3. The Hall–Kier alpha value is -8.84. The maximum atomic E-state index is 14.6. The van der Waals surface area contributed by atoms with Crippen molar-refractivity contribution < 1.29 is 90.6 Å². The van der Waals surface area contributed by atoms with Crippen LogP contribution in [0.2, 0.25) is 0 Å². The maximum absolute atomic E-state index is 14.6. The minimum atomic E-state index is -3.70. The number of aliphatic hydroxyl groups is 2. The molecule has 0 bridgehead atoms. The van der Waals surface area contributed by atoms with Crippen LogP contribution in [0.1, 0.15) is 87.6 Å². The van der Waals surface area contributed by atoms with Crippen molar-refractivity contribution in [3.05, 3.63) is 92.8 Å². The molecule has 4 aliphatic rings. The van der Waals surface area contributed by atoms with Crippen LogP contribution in [0.25, 0.3) is 22.3 Å². The molecule has 30 heteroatoms. The molecule has 29 nitrogen and oxygen atoms in total. The summed E-state index contributed by atoms with van der Waals surface area (Å²) in [6.07, 6.45) is -0.156. The van der Waals surface area contributed by atoms with Gasteiger partial charge in [-0.15, -0.1) is 0 Å². The molecular weight excluding hydrogens is 1170 g/mol. The molecule has 472 valence electrons. The van der Waals surface area contributed by atoms with E-state index in [1.165, 1.54) is 35.8 Å². The number of carboxylic acids is 1. The number of carbonyl (C=O) groups is 9. The van der Waals surface area contributed by atoms with E-state index < -0.39 is 144 Å². The Bertz CT molecular complexity index is 3610. The monoisotopic (exact) mass is 1240 g/mol. The fourth-order valence-electron chi connectivity index (χ4n) is 10.3. The van der Waals surface area contributed by atoms with Crippen molar-refractivity contribution in [1.29, 1.82) is 0 Å². The Labute approximate surface area is 503 Å². The number of aromatic nitrogens is 2. The number of nitrogens with zero attached hydrogens (tertiary/aromatic N) is 4. The highest BCUT2D eigenvalue weighted by atomic mass is 32.2. The van der Waals surface area contributed by atoms with Gasteiger partial charge in [0.15, 0.2) is 17.1 Å². The second-order valence-corrected chi connectivity index (χ2v) is 24.2. The molecule has 7 amide bonds. The molecule has 0 aliphatic carbocycles. The number of fused-ring (bicyclic) bond motifs is 6. The first-order valence-electron chi connectivity index (χ1n) is 28.3. The number of hydrogen-bond donors (Lipinski definition) is 8. The van der Waals surface area contributed by atoms with Crippen LogP contribution in [-0.4, -0.2) is 173 Å². The van der Waals surface area contributed by atoms with Gasteiger partial charge >= 0.3 is 18.0 Å². The van der Waals surface area contributed by atoms with Gasteiger partial charge in [-0.05, 0) is 67.5 Å². The van der Waals surface area contributed by atoms with E-state index >= 15 is 0 Å². The minimum Gasteiger partial charge on any atom is -0.481 e. The Morgan fingerprint density at radius 1 is 0.875 bits per heavy atom. The zero-order valence-electron chi connectivity index (χ0n) is 48.9. The van der Waals surface area contributed by atoms with Crippen LogP contribution in [0.4, 0.5) is 10.5 Å². The molecule has 0 fully saturated rings. The number of anilines is 1. The van der Waals surface area contributed by atoms with Crippen LogP contribution < -0.4 is 41.6 Å². The number of aliphatic carboxylic acids is 1. The van der Waals surface area contributed by atoms with E-state index in [0.29, 0.717) is 44.9 Å². The number of nitrogens with one attached hydrogen (secondary N) is 5. The lowest BCUT2D eigenvalue weighted by molar-refractivity contribution is -0.187. The second-order valence-electron chi connectivity index (χ2n) is 22.0. The number of imide groups is 1. The van der Waals surface area contributed by atoms with Crippen molar-refractivity contribution in [2.75, 3.05) is 57.1 Å². The average molecular weight is 1240 g/mol. The number of ether oxygens (including phenoxy) is 5.